The first-order chi connectivity index (χ1) is 16.1. The van der Waals surface area contributed by atoms with Crippen molar-refractivity contribution in [1.82, 2.24) is 4.98 Å². The van der Waals surface area contributed by atoms with Gasteiger partial charge in [-0.3, -0.25) is 24.1 Å². The van der Waals surface area contributed by atoms with Gasteiger partial charge in [0.25, 0.3) is 11.6 Å². The number of nitro groups is 1. The van der Waals surface area contributed by atoms with E-state index in [4.69, 9.17) is 0 Å². The Balaban J connectivity index is 1.63. The van der Waals surface area contributed by atoms with E-state index in [0.717, 1.165) is 5.56 Å². The molecule has 1 aliphatic rings. The summed E-state index contributed by atoms with van der Waals surface area (Å²) in [7, 11) is -3.42. The van der Waals surface area contributed by atoms with Crippen LogP contribution in [-0.4, -0.2) is 43.1 Å². The summed E-state index contributed by atoms with van der Waals surface area (Å²) in [5.41, 5.74) is 3.11. The van der Waals surface area contributed by atoms with Crippen molar-refractivity contribution in [2.45, 2.75) is 19.4 Å². The van der Waals surface area contributed by atoms with E-state index in [1.807, 2.05) is 6.92 Å². The van der Waals surface area contributed by atoms with Crippen LogP contribution in [0.2, 0.25) is 0 Å². The molecule has 2 aromatic carbocycles. The van der Waals surface area contributed by atoms with E-state index < -0.39 is 14.9 Å². The number of benzene rings is 2. The molecule has 11 heteroatoms. The Labute approximate surface area is 201 Å². The van der Waals surface area contributed by atoms with Crippen LogP contribution in [0.15, 0.2) is 60.5 Å². The van der Waals surface area contributed by atoms with Gasteiger partial charge >= 0.3 is 0 Å². The minimum absolute atomic E-state index is 0.0111. The second-order valence-electron chi connectivity index (χ2n) is 7.98. The fourth-order valence-electron chi connectivity index (χ4n) is 4.05. The normalized spacial score (nSPS) is 15.1. The topological polar surface area (TPSA) is 114 Å². The molecule has 1 aromatic heterocycles. The van der Waals surface area contributed by atoms with E-state index in [2.05, 4.69) is 11.6 Å². The van der Waals surface area contributed by atoms with Crippen LogP contribution in [0.4, 0.5) is 16.5 Å². The Morgan fingerprint density at radius 1 is 1.32 bits per heavy atom. The van der Waals surface area contributed by atoms with Crippen molar-refractivity contribution in [3.8, 4) is 11.3 Å². The predicted molar refractivity (Wildman–Crippen MR) is 133 cm³/mol. The van der Waals surface area contributed by atoms with Gasteiger partial charge in [-0.25, -0.2) is 13.4 Å². The molecule has 0 spiro atoms. The quantitative estimate of drug-likeness (QED) is 0.273. The molecule has 3 aromatic rings. The number of sulfonamides is 1. The molecular weight excluding hydrogens is 476 g/mol. The van der Waals surface area contributed by atoms with Gasteiger partial charge in [-0.05, 0) is 49.2 Å². The molecule has 1 unspecified atom stereocenters. The van der Waals surface area contributed by atoms with Crippen molar-refractivity contribution in [1.29, 1.82) is 0 Å². The Hall–Kier alpha value is -3.57. The summed E-state index contributed by atoms with van der Waals surface area (Å²) >= 11 is 1.28. The zero-order chi connectivity index (χ0) is 24.6. The molecule has 0 fully saturated rings. The van der Waals surface area contributed by atoms with Crippen molar-refractivity contribution in [2.24, 2.45) is 0 Å². The number of aromatic nitrogens is 1. The highest BCUT2D eigenvalue weighted by Crippen LogP contribution is 2.35. The minimum Gasteiger partial charge on any atom is -0.280 e. The van der Waals surface area contributed by atoms with Crippen molar-refractivity contribution in [3.05, 3.63) is 81.7 Å². The summed E-state index contributed by atoms with van der Waals surface area (Å²) in [5, 5.41) is 13.1. The third-order valence-electron chi connectivity index (χ3n) is 5.49. The smallest absolute Gasteiger partial charge is 0.269 e. The number of hydrogen-bond acceptors (Lipinski definition) is 7. The first kappa shape index (κ1) is 23.6. The fraction of sp³-hybridized carbons (Fsp3) is 0.217. The summed E-state index contributed by atoms with van der Waals surface area (Å²) < 4.78 is 25.7. The van der Waals surface area contributed by atoms with E-state index in [0.29, 0.717) is 34.1 Å². The molecule has 0 bridgehead atoms. The standard InChI is InChI=1S/C23H22N4O5S2/c1-4-11-25(23-24-20(14-33-23)16-5-8-19(9-6-16)27(29)30)22(28)17-7-10-21-18(13-17)12-15(2)26(21)34(3,31)32/h4-10,13-15H,1,11-12H2,2-3H3. The molecular formula is C23H22N4O5S2. The minimum atomic E-state index is -3.42. The van der Waals surface area contributed by atoms with E-state index in [-0.39, 0.29) is 24.2 Å². The highest BCUT2D eigenvalue weighted by molar-refractivity contribution is 7.92. The lowest BCUT2D eigenvalue weighted by Crippen LogP contribution is -2.34. The Morgan fingerprint density at radius 3 is 2.65 bits per heavy atom. The molecule has 34 heavy (non-hydrogen) atoms. The maximum atomic E-state index is 13.4. The Kier molecular flexibility index (Phi) is 6.24. The van der Waals surface area contributed by atoms with Gasteiger partial charge in [0.1, 0.15) is 0 Å². The van der Waals surface area contributed by atoms with Gasteiger partial charge in [-0.2, -0.15) is 0 Å². The number of thiazole rings is 1. The first-order valence-electron chi connectivity index (χ1n) is 10.4. The average molecular weight is 499 g/mol. The molecule has 0 saturated carbocycles. The fourth-order valence-corrected chi connectivity index (χ4v) is 6.15. The van der Waals surface area contributed by atoms with Crippen molar-refractivity contribution in [2.75, 3.05) is 22.0 Å². The van der Waals surface area contributed by atoms with Crippen LogP contribution in [0, 0.1) is 10.1 Å². The number of anilines is 2. The van der Waals surface area contributed by atoms with E-state index in [1.165, 1.54) is 38.9 Å². The van der Waals surface area contributed by atoms with Crippen LogP contribution in [0.1, 0.15) is 22.8 Å². The number of amides is 1. The molecule has 1 aliphatic heterocycles. The zero-order valence-corrected chi connectivity index (χ0v) is 20.2. The third-order valence-corrected chi connectivity index (χ3v) is 7.63. The van der Waals surface area contributed by atoms with Crippen molar-refractivity contribution < 1.29 is 18.1 Å². The molecule has 176 valence electrons. The SMILES string of the molecule is C=CCN(C(=O)c1ccc2c(c1)CC(C)N2S(C)(=O)=O)c1nc(-c2ccc([N+](=O)[O-])cc2)cs1. The molecule has 1 atom stereocenters. The van der Waals surface area contributed by atoms with Gasteiger partial charge in [0.2, 0.25) is 10.0 Å². The van der Waals surface area contributed by atoms with Gasteiger partial charge in [0.15, 0.2) is 5.13 Å². The largest absolute Gasteiger partial charge is 0.280 e. The summed E-state index contributed by atoms with van der Waals surface area (Å²) in [6.07, 6.45) is 3.30. The Bertz CT molecular complexity index is 1380. The molecule has 0 radical (unpaired) electrons. The molecule has 0 saturated heterocycles. The lowest BCUT2D eigenvalue weighted by Gasteiger charge is -2.22. The van der Waals surface area contributed by atoms with Crippen molar-refractivity contribution >= 4 is 43.8 Å². The maximum absolute atomic E-state index is 13.4. The van der Waals surface area contributed by atoms with Gasteiger partial charge in [-0.1, -0.05) is 6.08 Å². The summed E-state index contributed by atoms with van der Waals surface area (Å²) in [5.74, 6) is -0.280. The number of carbonyl (C=O) groups excluding carboxylic acids is 1. The van der Waals surface area contributed by atoms with Crippen LogP contribution < -0.4 is 9.21 Å². The molecule has 9 nitrogen and oxygen atoms in total. The highest BCUT2D eigenvalue weighted by atomic mass is 32.2. The van der Waals surface area contributed by atoms with Crippen LogP contribution >= 0.6 is 11.3 Å². The van der Waals surface area contributed by atoms with E-state index in [1.54, 1.807) is 41.8 Å². The number of fused-ring (bicyclic) bond motifs is 1. The second kappa shape index (κ2) is 8.99. The zero-order valence-electron chi connectivity index (χ0n) is 18.5. The monoisotopic (exact) mass is 498 g/mol. The van der Waals surface area contributed by atoms with Gasteiger partial charge in [0.05, 0.1) is 22.6 Å². The first-order valence-corrected chi connectivity index (χ1v) is 13.1. The van der Waals surface area contributed by atoms with E-state index in [9.17, 15) is 23.3 Å². The molecule has 1 amide bonds. The summed E-state index contributed by atoms with van der Waals surface area (Å²) in [6, 6.07) is 10.9. The third kappa shape index (κ3) is 4.44. The Morgan fingerprint density at radius 2 is 2.03 bits per heavy atom. The van der Waals surface area contributed by atoms with Crippen LogP contribution in [-0.2, 0) is 16.4 Å². The molecule has 0 N–H and O–H groups in total. The van der Waals surface area contributed by atoms with Crippen LogP contribution in [0.5, 0.6) is 0 Å². The van der Waals surface area contributed by atoms with Gasteiger partial charge in [-0.15, -0.1) is 17.9 Å². The predicted octanol–water partition coefficient (Wildman–Crippen LogP) is 4.26. The molecule has 4 rings (SSSR count). The summed E-state index contributed by atoms with van der Waals surface area (Å²) in [6.45, 7) is 5.81. The lowest BCUT2D eigenvalue weighted by atomic mass is 10.1. The summed E-state index contributed by atoms with van der Waals surface area (Å²) in [4.78, 5) is 29.9. The van der Waals surface area contributed by atoms with Crippen LogP contribution in [0.25, 0.3) is 11.3 Å². The number of nitrogens with zero attached hydrogens (tertiary/aromatic N) is 4. The number of carbonyl (C=O) groups is 1. The average Bonchev–Trinajstić information content (AvgIpc) is 3.40. The van der Waals surface area contributed by atoms with Crippen LogP contribution in [0.3, 0.4) is 0 Å². The maximum Gasteiger partial charge on any atom is 0.269 e. The highest BCUT2D eigenvalue weighted by Gasteiger charge is 2.33. The number of nitro benzene ring substituents is 1. The molecule has 0 aliphatic carbocycles. The number of non-ortho nitro benzene ring substituents is 1. The molecule has 2 heterocycles. The van der Waals surface area contributed by atoms with Gasteiger partial charge < -0.3 is 0 Å². The number of hydrogen-bond donors (Lipinski definition) is 0. The van der Waals surface area contributed by atoms with E-state index >= 15 is 0 Å². The second-order valence-corrected chi connectivity index (χ2v) is 10.7. The van der Waals surface area contributed by atoms with Crippen molar-refractivity contribution in [3.63, 3.8) is 0 Å². The lowest BCUT2D eigenvalue weighted by molar-refractivity contribution is -0.384. The van der Waals surface area contributed by atoms with Gasteiger partial charge in [0, 0.05) is 41.2 Å². The number of rotatable bonds is 7.